The maximum Gasteiger partial charge on any atom is 0.246 e. The normalized spacial score (nSPS) is 19.4. The Morgan fingerprint density at radius 2 is 2.15 bits per heavy atom. The molecule has 1 amide bonds. The Morgan fingerprint density at radius 3 is 2.85 bits per heavy atom. The van der Waals surface area contributed by atoms with E-state index >= 15 is 0 Å². The second-order valence-corrected chi connectivity index (χ2v) is 8.86. The van der Waals surface area contributed by atoms with E-state index in [0.717, 1.165) is 16.5 Å². The van der Waals surface area contributed by atoms with Crippen molar-refractivity contribution in [1.82, 2.24) is 9.47 Å². The Labute approximate surface area is 154 Å². The van der Waals surface area contributed by atoms with Crippen LogP contribution in [0.2, 0.25) is 0 Å². The highest BCUT2D eigenvalue weighted by Crippen LogP contribution is 2.22. The molecule has 7 heteroatoms. The van der Waals surface area contributed by atoms with E-state index < -0.39 is 9.84 Å². The van der Waals surface area contributed by atoms with Gasteiger partial charge in [0.25, 0.3) is 0 Å². The third kappa shape index (κ3) is 3.99. The molecule has 1 aliphatic heterocycles. The molecule has 1 aromatic carbocycles. The molecule has 0 spiro atoms. The summed E-state index contributed by atoms with van der Waals surface area (Å²) in [6, 6.07) is 7.72. The Bertz CT molecular complexity index is 930. The fraction of sp³-hybridized carbons (Fsp3) is 0.421. The van der Waals surface area contributed by atoms with Gasteiger partial charge in [0.05, 0.1) is 18.1 Å². The van der Waals surface area contributed by atoms with Gasteiger partial charge in [-0.1, -0.05) is 18.2 Å². The zero-order valence-corrected chi connectivity index (χ0v) is 15.9. The second-order valence-electron chi connectivity index (χ2n) is 6.63. The zero-order valence-electron chi connectivity index (χ0n) is 15.1. The summed E-state index contributed by atoms with van der Waals surface area (Å²) in [4.78, 5) is 14.4. The quantitative estimate of drug-likeness (QED) is 0.722. The molecule has 0 bridgehead atoms. The minimum atomic E-state index is -3.05. The molecule has 3 rings (SSSR count). The average molecular weight is 376 g/mol. The lowest BCUT2D eigenvalue weighted by Crippen LogP contribution is -2.42. The van der Waals surface area contributed by atoms with Crippen LogP contribution < -0.4 is 0 Å². The van der Waals surface area contributed by atoms with E-state index in [4.69, 9.17) is 4.74 Å². The predicted molar refractivity (Wildman–Crippen MR) is 103 cm³/mol. The third-order valence-corrected chi connectivity index (χ3v) is 6.55. The van der Waals surface area contributed by atoms with Crippen molar-refractivity contribution in [1.29, 1.82) is 0 Å². The standard InChI is InChI=1S/C19H24N2O4S/c1-20-13-15(17-5-3-4-6-18(17)20)7-8-19(22)21(10-11-25-2)16-9-12-26(23,24)14-16/h3-8,13,16H,9-12,14H2,1-2H3/b8-7+. The number of methoxy groups -OCH3 is 1. The van der Waals surface area contributed by atoms with Crippen molar-refractivity contribution in [3.8, 4) is 0 Å². The molecule has 0 saturated carbocycles. The number of nitrogens with zero attached hydrogens (tertiary/aromatic N) is 2. The number of sulfone groups is 1. The Kier molecular flexibility index (Phi) is 5.48. The number of amides is 1. The van der Waals surface area contributed by atoms with E-state index in [0.29, 0.717) is 19.6 Å². The van der Waals surface area contributed by atoms with Crippen molar-refractivity contribution in [2.45, 2.75) is 12.5 Å². The minimum absolute atomic E-state index is 0.0323. The summed E-state index contributed by atoms with van der Waals surface area (Å²) in [7, 11) is 0.484. The topological polar surface area (TPSA) is 68.6 Å². The number of hydrogen-bond acceptors (Lipinski definition) is 4. The summed E-state index contributed by atoms with van der Waals surface area (Å²) < 4.78 is 30.7. The second kappa shape index (κ2) is 7.63. The van der Waals surface area contributed by atoms with Crippen LogP contribution >= 0.6 is 0 Å². The van der Waals surface area contributed by atoms with Crippen LogP contribution in [0, 0.1) is 0 Å². The first kappa shape index (κ1) is 18.7. The maximum atomic E-state index is 12.7. The zero-order chi connectivity index (χ0) is 18.7. The van der Waals surface area contributed by atoms with Gasteiger partial charge in [0.15, 0.2) is 9.84 Å². The highest BCUT2D eigenvalue weighted by atomic mass is 32.2. The van der Waals surface area contributed by atoms with Crippen molar-refractivity contribution in [2.24, 2.45) is 7.05 Å². The summed E-state index contributed by atoms with van der Waals surface area (Å²) in [5.74, 6) is -0.0106. The van der Waals surface area contributed by atoms with E-state index in [1.54, 1.807) is 18.1 Å². The van der Waals surface area contributed by atoms with Crippen molar-refractivity contribution < 1.29 is 17.9 Å². The van der Waals surface area contributed by atoms with Crippen molar-refractivity contribution >= 4 is 32.7 Å². The van der Waals surface area contributed by atoms with Gasteiger partial charge in [0.1, 0.15) is 0 Å². The summed E-state index contributed by atoms with van der Waals surface area (Å²) in [6.45, 7) is 0.764. The van der Waals surface area contributed by atoms with E-state index in [9.17, 15) is 13.2 Å². The predicted octanol–water partition coefficient (Wildman–Crippen LogP) is 1.85. The lowest BCUT2D eigenvalue weighted by atomic mass is 10.1. The molecular formula is C19H24N2O4S. The number of hydrogen-bond donors (Lipinski definition) is 0. The number of carbonyl (C=O) groups excluding carboxylic acids is 1. The molecule has 0 aliphatic carbocycles. The van der Waals surface area contributed by atoms with E-state index in [1.165, 1.54) is 6.08 Å². The van der Waals surface area contributed by atoms with Crippen LogP contribution in [0.15, 0.2) is 36.5 Å². The molecule has 2 aromatic rings. The van der Waals surface area contributed by atoms with Crippen molar-refractivity contribution in [3.63, 3.8) is 0 Å². The van der Waals surface area contributed by atoms with Crippen LogP contribution in [0.25, 0.3) is 17.0 Å². The first-order valence-corrected chi connectivity index (χ1v) is 10.5. The Morgan fingerprint density at radius 1 is 1.38 bits per heavy atom. The van der Waals surface area contributed by atoms with Gasteiger partial charge >= 0.3 is 0 Å². The summed E-state index contributed by atoms with van der Waals surface area (Å²) in [5, 5.41) is 1.07. The number of carbonyl (C=O) groups is 1. The SMILES string of the molecule is COCCN(C(=O)/C=C/c1cn(C)c2ccccc12)C1CCS(=O)(=O)C1. The monoisotopic (exact) mass is 376 g/mol. The molecule has 1 aromatic heterocycles. The van der Waals surface area contributed by atoms with Gasteiger partial charge in [-0.05, 0) is 18.6 Å². The smallest absolute Gasteiger partial charge is 0.246 e. The van der Waals surface area contributed by atoms with Gasteiger partial charge in [-0.15, -0.1) is 0 Å². The van der Waals surface area contributed by atoms with Crippen LogP contribution in [0.5, 0.6) is 0 Å². The lowest BCUT2D eigenvalue weighted by molar-refractivity contribution is -0.128. The van der Waals surface area contributed by atoms with E-state index in [-0.39, 0.29) is 23.5 Å². The molecule has 6 nitrogen and oxygen atoms in total. The lowest BCUT2D eigenvalue weighted by Gasteiger charge is -2.26. The fourth-order valence-electron chi connectivity index (χ4n) is 3.45. The summed E-state index contributed by atoms with van der Waals surface area (Å²) >= 11 is 0. The molecule has 1 saturated heterocycles. The van der Waals surface area contributed by atoms with Gasteiger partial charge in [-0.2, -0.15) is 0 Å². The number of rotatable bonds is 6. The van der Waals surface area contributed by atoms with Gasteiger partial charge in [-0.25, -0.2) is 8.42 Å². The fourth-order valence-corrected chi connectivity index (χ4v) is 5.18. The van der Waals surface area contributed by atoms with E-state index in [2.05, 4.69) is 0 Å². The molecule has 1 fully saturated rings. The molecule has 1 unspecified atom stereocenters. The molecule has 0 N–H and O–H groups in total. The minimum Gasteiger partial charge on any atom is -0.383 e. The number of aromatic nitrogens is 1. The first-order chi connectivity index (χ1) is 12.4. The van der Waals surface area contributed by atoms with Gasteiger partial charge < -0.3 is 14.2 Å². The van der Waals surface area contributed by atoms with Crippen LogP contribution in [0.1, 0.15) is 12.0 Å². The Balaban J connectivity index is 1.81. The van der Waals surface area contributed by atoms with Crippen LogP contribution in [0.3, 0.4) is 0 Å². The first-order valence-electron chi connectivity index (χ1n) is 8.63. The largest absolute Gasteiger partial charge is 0.383 e. The molecular weight excluding hydrogens is 352 g/mol. The summed E-state index contributed by atoms with van der Waals surface area (Å²) in [5.41, 5.74) is 2.06. The molecule has 1 atom stereocenters. The maximum absolute atomic E-state index is 12.7. The van der Waals surface area contributed by atoms with Crippen LogP contribution in [-0.4, -0.2) is 61.6 Å². The van der Waals surface area contributed by atoms with Crippen LogP contribution in [0.4, 0.5) is 0 Å². The molecule has 2 heterocycles. The van der Waals surface area contributed by atoms with E-state index in [1.807, 2.05) is 42.1 Å². The van der Waals surface area contributed by atoms with Gasteiger partial charge in [0, 0.05) is 55.5 Å². The van der Waals surface area contributed by atoms with Crippen molar-refractivity contribution in [3.05, 3.63) is 42.1 Å². The number of ether oxygens (including phenoxy) is 1. The average Bonchev–Trinajstić information content (AvgIpc) is 3.13. The Hall–Kier alpha value is -2.12. The van der Waals surface area contributed by atoms with Crippen molar-refractivity contribution in [2.75, 3.05) is 31.8 Å². The highest BCUT2D eigenvalue weighted by molar-refractivity contribution is 7.91. The summed E-state index contributed by atoms with van der Waals surface area (Å²) in [6.07, 6.45) is 5.80. The van der Waals surface area contributed by atoms with Gasteiger partial charge in [0.2, 0.25) is 5.91 Å². The van der Waals surface area contributed by atoms with Gasteiger partial charge in [-0.3, -0.25) is 4.79 Å². The number of aryl methyl sites for hydroxylation is 1. The van der Waals surface area contributed by atoms with Crippen LogP contribution in [-0.2, 0) is 26.4 Å². The third-order valence-electron chi connectivity index (χ3n) is 4.80. The molecule has 0 radical (unpaired) electrons. The number of fused-ring (bicyclic) bond motifs is 1. The molecule has 1 aliphatic rings. The molecule has 140 valence electrons. The molecule has 26 heavy (non-hydrogen) atoms. The highest BCUT2D eigenvalue weighted by Gasteiger charge is 2.33. The number of benzene rings is 1. The number of para-hydroxylation sites is 1.